The van der Waals surface area contributed by atoms with E-state index in [2.05, 4.69) is 0 Å². The van der Waals surface area contributed by atoms with E-state index >= 15 is 0 Å². The summed E-state index contributed by atoms with van der Waals surface area (Å²) >= 11 is 5.69. The Morgan fingerprint density at radius 3 is 2.87 bits per heavy atom. The highest BCUT2D eigenvalue weighted by atomic mass is 35.5. The van der Waals surface area contributed by atoms with Crippen LogP contribution in [-0.2, 0) is 6.54 Å². The van der Waals surface area contributed by atoms with Gasteiger partial charge in [0.25, 0.3) is 6.43 Å². The maximum Gasteiger partial charge on any atom is 0.420 e. The lowest BCUT2D eigenvalue weighted by molar-refractivity contribution is 0.125. The van der Waals surface area contributed by atoms with Gasteiger partial charge in [-0.2, -0.15) is 0 Å². The van der Waals surface area contributed by atoms with E-state index in [0.717, 1.165) is 4.57 Å². The van der Waals surface area contributed by atoms with Gasteiger partial charge >= 0.3 is 5.76 Å². The Kier molecular flexibility index (Phi) is 2.48. The van der Waals surface area contributed by atoms with Crippen LogP contribution in [0.25, 0.3) is 11.1 Å². The second-order valence-corrected chi connectivity index (χ2v) is 3.42. The summed E-state index contributed by atoms with van der Waals surface area (Å²) in [6, 6.07) is 4.42. The number of benzene rings is 1. The SMILES string of the molecule is O=c1oc2ccc(Cl)cc2n1CC(F)F. The lowest BCUT2D eigenvalue weighted by Gasteiger charge is -1.99. The van der Waals surface area contributed by atoms with E-state index in [0.29, 0.717) is 5.02 Å². The van der Waals surface area contributed by atoms with Crippen molar-refractivity contribution in [3.05, 3.63) is 33.8 Å². The smallest absolute Gasteiger partial charge is 0.408 e. The van der Waals surface area contributed by atoms with Gasteiger partial charge in [0.2, 0.25) is 0 Å². The van der Waals surface area contributed by atoms with Crippen LogP contribution in [0.3, 0.4) is 0 Å². The maximum absolute atomic E-state index is 12.2. The van der Waals surface area contributed by atoms with Crippen LogP contribution in [0.2, 0.25) is 5.02 Å². The normalized spacial score (nSPS) is 11.5. The van der Waals surface area contributed by atoms with Crippen LogP contribution in [0.5, 0.6) is 0 Å². The van der Waals surface area contributed by atoms with Gasteiger partial charge in [-0.1, -0.05) is 11.6 Å². The Balaban J connectivity index is 2.65. The standard InChI is InChI=1S/C9H6ClF2NO2/c10-5-1-2-7-6(3-5)13(4-8(11)12)9(14)15-7/h1-3,8H,4H2. The highest BCUT2D eigenvalue weighted by molar-refractivity contribution is 6.31. The first-order valence-electron chi connectivity index (χ1n) is 4.15. The summed E-state index contributed by atoms with van der Waals surface area (Å²) in [7, 11) is 0. The summed E-state index contributed by atoms with van der Waals surface area (Å²) in [5, 5.41) is 0.367. The van der Waals surface area contributed by atoms with Gasteiger partial charge in [-0.15, -0.1) is 0 Å². The zero-order chi connectivity index (χ0) is 11.0. The summed E-state index contributed by atoms with van der Waals surface area (Å²) in [4.78, 5) is 11.2. The number of alkyl halides is 2. The maximum atomic E-state index is 12.2. The molecule has 2 rings (SSSR count). The summed E-state index contributed by atoms with van der Waals surface area (Å²) in [5.74, 6) is -0.799. The zero-order valence-corrected chi connectivity index (χ0v) is 8.17. The molecular weight excluding hydrogens is 228 g/mol. The molecule has 0 fully saturated rings. The third-order valence-electron chi connectivity index (χ3n) is 1.95. The summed E-state index contributed by atoms with van der Waals surface area (Å²) in [6.07, 6.45) is -2.61. The highest BCUT2D eigenvalue weighted by Gasteiger charge is 2.13. The highest BCUT2D eigenvalue weighted by Crippen LogP contribution is 2.18. The Hall–Kier alpha value is -1.36. The lowest BCUT2D eigenvalue weighted by atomic mass is 10.3. The van der Waals surface area contributed by atoms with Gasteiger partial charge < -0.3 is 4.42 Å². The number of oxazole rings is 1. The average Bonchev–Trinajstić information content (AvgIpc) is 2.43. The van der Waals surface area contributed by atoms with Crippen molar-refractivity contribution in [1.82, 2.24) is 4.57 Å². The summed E-state index contributed by atoms with van der Waals surface area (Å²) in [6.45, 7) is -0.688. The van der Waals surface area contributed by atoms with Crippen molar-refractivity contribution in [2.75, 3.05) is 0 Å². The fourth-order valence-corrected chi connectivity index (χ4v) is 1.51. The lowest BCUT2D eigenvalue weighted by Crippen LogP contribution is -2.18. The van der Waals surface area contributed by atoms with E-state index < -0.39 is 18.7 Å². The van der Waals surface area contributed by atoms with Crippen LogP contribution in [-0.4, -0.2) is 11.0 Å². The molecule has 0 aliphatic carbocycles. The molecular formula is C9H6ClF2NO2. The predicted octanol–water partition coefficient (Wildman–Crippen LogP) is 2.51. The monoisotopic (exact) mass is 233 g/mol. The number of fused-ring (bicyclic) bond motifs is 1. The fourth-order valence-electron chi connectivity index (χ4n) is 1.35. The Morgan fingerprint density at radius 1 is 1.47 bits per heavy atom. The first kappa shape index (κ1) is 10.2. The van der Waals surface area contributed by atoms with Gasteiger partial charge in [0.05, 0.1) is 12.1 Å². The van der Waals surface area contributed by atoms with Crippen LogP contribution in [0.1, 0.15) is 0 Å². The first-order chi connectivity index (χ1) is 7.08. The topological polar surface area (TPSA) is 35.1 Å². The molecule has 0 spiro atoms. The third kappa shape index (κ3) is 1.87. The van der Waals surface area contributed by atoms with E-state index in [1.165, 1.54) is 18.2 Å². The third-order valence-corrected chi connectivity index (χ3v) is 2.19. The first-order valence-corrected chi connectivity index (χ1v) is 4.53. The van der Waals surface area contributed by atoms with E-state index in [4.69, 9.17) is 16.0 Å². The molecule has 1 heterocycles. The number of hydrogen-bond donors (Lipinski definition) is 0. The number of nitrogens with zero attached hydrogens (tertiary/aromatic N) is 1. The van der Waals surface area contributed by atoms with Crippen molar-refractivity contribution in [3.8, 4) is 0 Å². The van der Waals surface area contributed by atoms with Crippen molar-refractivity contribution in [2.24, 2.45) is 0 Å². The molecule has 0 atom stereocenters. The fraction of sp³-hybridized carbons (Fsp3) is 0.222. The van der Waals surface area contributed by atoms with Crippen molar-refractivity contribution < 1.29 is 13.2 Å². The van der Waals surface area contributed by atoms with Crippen LogP contribution in [0.15, 0.2) is 27.4 Å². The van der Waals surface area contributed by atoms with Gasteiger partial charge in [0.15, 0.2) is 5.58 Å². The number of halogens is 3. The van der Waals surface area contributed by atoms with Crippen LogP contribution in [0, 0.1) is 0 Å². The van der Waals surface area contributed by atoms with Crippen LogP contribution < -0.4 is 5.76 Å². The van der Waals surface area contributed by atoms with Gasteiger partial charge in [-0.05, 0) is 18.2 Å². The van der Waals surface area contributed by atoms with Crippen molar-refractivity contribution in [2.45, 2.75) is 13.0 Å². The summed E-state index contributed by atoms with van der Waals surface area (Å²) < 4.78 is 30.0. The average molecular weight is 234 g/mol. The minimum Gasteiger partial charge on any atom is -0.408 e. The Morgan fingerprint density at radius 2 is 2.20 bits per heavy atom. The van der Waals surface area contributed by atoms with Gasteiger partial charge in [-0.3, -0.25) is 4.57 Å². The zero-order valence-electron chi connectivity index (χ0n) is 7.41. The number of aromatic nitrogens is 1. The quantitative estimate of drug-likeness (QED) is 0.799. The second kappa shape index (κ2) is 3.66. The molecule has 0 unspecified atom stereocenters. The summed E-state index contributed by atoms with van der Waals surface area (Å²) in [5.41, 5.74) is 0.540. The van der Waals surface area contributed by atoms with Gasteiger partial charge in [0.1, 0.15) is 0 Å². The van der Waals surface area contributed by atoms with Gasteiger partial charge in [-0.25, -0.2) is 13.6 Å². The van der Waals surface area contributed by atoms with Crippen molar-refractivity contribution in [1.29, 1.82) is 0 Å². The molecule has 0 saturated carbocycles. The molecule has 6 heteroatoms. The van der Waals surface area contributed by atoms with Gasteiger partial charge in [0, 0.05) is 5.02 Å². The molecule has 0 amide bonds. The number of hydrogen-bond acceptors (Lipinski definition) is 2. The van der Waals surface area contributed by atoms with E-state index in [1.807, 2.05) is 0 Å². The molecule has 80 valence electrons. The van der Waals surface area contributed by atoms with E-state index in [9.17, 15) is 13.6 Å². The van der Waals surface area contributed by atoms with Crippen LogP contribution in [0.4, 0.5) is 8.78 Å². The predicted molar refractivity (Wildman–Crippen MR) is 51.5 cm³/mol. The molecule has 0 bridgehead atoms. The molecule has 3 nitrogen and oxygen atoms in total. The van der Waals surface area contributed by atoms with Crippen molar-refractivity contribution >= 4 is 22.7 Å². The molecule has 0 aliphatic heterocycles. The molecule has 0 radical (unpaired) electrons. The molecule has 0 aliphatic rings. The molecule has 0 saturated heterocycles. The number of rotatable bonds is 2. The molecule has 1 aromatic heterocycles. The van der Waals surface area contributed by atoms with E-state index in [1.54, 1.807) is 0 Å². The molecule has 2 aromatic rings. The Labute approximate surface area is 87.9 Å². The molecule has 15 heavy (non-hydrogen) atoms. The minimum atomic E-state index is -2.61. The second-order valence-electron chi connectivity index (χ2n) is 2.98. The largest absolute Gasteiger partial charge is 0.420 e. The van der Waals surface area contributed by atoms with Crippen LogP contribution >= 0.6 is 11.6 Å². The minimum absolute atomic E-state index is 0.255. The molecule has 0 N–H and O–H groups in total. The van der Waals surface area contributed by atoms with Crippen molar-refractivity contribution in [3.63, 3.8) is 0 Å². The molecule has 1 aromatic carbocycles. The Bertz CT molecular complexity index is 547. The van der Waals surface area contributed by atoms with E-state index in [-0.39, 0.29) is 11.1 Å².